The zero-order valence-electron chi connectivity index (χ0n) is 20.9. The Morgan fingerprint density at radius 3 is 2.52 bits per heavy atom. The predicted molar refractivity (Wildman–Crippen MR) is 141 cm³/mol. The first-order valence-corrected chi connectivity index (χ1v) is 12.8. The molecule has 33 heavy (non-hydrogen) atoms. The highest BCUT2D eigenvalue weighted by molar-refractivity contribution is 6.32. The number of rotatable bonds is 11. The highest BCUT2D eigenvalue weighted by atomic mass is 35.5. The standard InChI is InChI=1S/C29H39ClN2O/c1-20(2)16-23-10-9-11-24(29(23)30)19-31-28(33)12-7-6-8-14-32-15-13-26-22(5)17-25(21(3)4)18-27(26)32/h9-11,13,15,17-18,20-21H,6-8,12,14,16,19H2,1-5H3,(H,31,33). The van der Waals surface area contributed by atoms with Gasteiger partial charge in [-0.2, -0.15) is 0 Å². The molecule has 3 rings (SSSR count). The largest absolute Gasteiger partial charge is 0.352 e. The van der Waals surface area contributed by atoms with Gasteiger partial charge >= 0.3 is 0 Å². The number of carbonyl (C=O) groups excluding carboxylic acids is 1. The molecule has 0 bridgehead atoms. The van der Waals surface area contributed by atoms with E-state index in [2.05, 4.69) is 75.0 Å². The van der Waals surface area contributed by atoms with Crippen LogP contribution >= 0.6 is 11.6 Å². The van der Waals surface area contributed by atoms with Gasteiger partial charge in [0.05, 0.1) is 0 Å². The Bertz CT molecular complexity index is 1080. The molecule has 0 aliphatic heterocycles. The number of fused-ring (bicyclic) bond motifs is 1. The van der Waals surface area contributed by atoms with Crippen molar-refractivity contribution in [3.8, 4) is 0 Å². The van der Waals surface area contributed by atoms with Gasteiger partial charge in [-0.1, -0.05) is 70.0 Å². The van der Waals surface area contributed by atoms with Gasteiger partial charge in [0.2, 0.25) is 5.91 Å². The molecule has 1 N–H and O–H groups in total. The summed E-state index contributed by atoms with van der Waals surface area (Å²) >= 11 is 6.56. The van der Waals surface area contributed by atoms with Crippen LogP contribution in [-0.2, 0) is 24.3 Å². The van der Waals surface area contributed by atoms with Gasteiger partial charge in [-0.25, -0.2) is 0 Å². The number of hydrogen-bond donors (Lipinski definition) is 1. The van der Waals surface area contributed by atoms with Crippen LogP contribution in [0.2, 0.25) is 5.02 Å². The summed E-state index contributed by atoms with van der Waals surface area (Å²) < 4.78 is 2.36. The van der Waals surface area contributed by atoms with E-state index in [0.29, 0.717) is 24.8 Å². The van der Waals surface area contributed by atoms with E-state index < -0.39 is 0 Å². The molecule has 0 aliphatic rings. The maximum Gasteiger partial charge on any atom is 0.220 e. The molecule has 0 saturated carbocycles. The number of nitrogens with zero attached hydrogens (tertiary/aromatic N) is 1. The van der Waals surface area contributed by atoms with Crippen molar-refractivity contribution in [2.24, 2.45) is 5.92 Å². The van der Waals surface area contributed by atoms with E-state index >= 15 is 0 Å². The van der Waals surface area contributed by atoms with Crippen molar-refractivity contribution in [1.82, 2.24) is 9.88 Å². The fourth-order valence-corrected chi connectivity index (χ4v) is 4.70. The van der Waals surface area contributed by atoms with Crippen LogP contribution in [0, 0.1) is 12.8 Å². The molecule has 0 fully saturated rings. The minimum absolute atomic E-state index is 0.101. The van der Waals surface area contributed by atoms with E-state index in [1.165, 1.54) is 22.0 Å². The van der Waals surface area contributed by atoms with Crippen molar-refractivity contribution in [2.45, 2.75) is 85.7 Å². The van der Waals surface area contributed by atoms with E-state index in [4.69, 9.17) is 11.6 Å². The number of unbranched alkanes of at least 4 members (excludes halogenated alkanes) is 2. The molecule has 3 nitrogen and oxygen atoms in total. The molecule has 0 saturated heterocycles. The van der Waals surface area contributed by atoms with Gasteiger partial charge in [-0.05, 0) is 72.4 Å². The second kappa shape index (κ2) is 11.7. The SMILES string of the molecule is Cc1cc(C(C)C)cc2c1ccn2CCCCCC(=O)NCc1cccc(CC(C)C)c1Cl. The molecule has 0 radical (unpaired) electrons. The number of nitrogens with one attached hydrogen (secondary N) is 1. The Kier molecular flexibility index (Phi) is 9.02. The molecule has 178 valence electrons. The fraction of sp³-hybridized carbons (Fsp3) is 0.483. The molecule has 2 aromatic carbocycles. The van der Waals surface area contributed by atoms with Crippen molar-refractivity contribution < 1.29 is 4.79 Å². The summed E-state index contributed by atoms with van der Waals surface area (Å²) in [6.45, 7) is 12.6. The molecule has 0 atom stereocenters. The monoisotopic (exact) mass is 466 g/mol. The van der Waals surface area contributed by atoms with Gasteiger partial charge in [0.25, 0.3) is 0 Å². The van der Waals surface area contributed by atoms with Crippen LogP contribution in [0.3, 0.4) is 0 Å². The van der Waals surface area contributed by atoms with Gasteiger partial charge in [-0.3, -0.25) is 4.79 Å². The number of aromatic nitrogens is 1. The minimum atomic E-state index is 0.101. The van der Waals surface area contributed by atoms with Gasteiger partial charge in [0, 0.05) is 41.6 Å². The third-order valence-electron chi connectivity index (χ3n) is 6.35. The minimum Gasteiger partial charge on any atom is -0.352 e. The number of halogens is 1. The Balaban J connectivity index is 1.43. The molecule has 1 heterocycles. The number of aryl methyl sites for hydroxylation is 2. The van der Waals surface area contributed by atoms with E-state index in [-0.39, 0.29) is 5.91 Å². The van der Waals surface area contributed by atoms with Crippen LogP contribution in [0.15, 0.2) is 42.6 Å². The van der Waals surface area contributed by atoms with E-state index in [1.54, 1.807) is 0 Å². The predicted octanol–water partition coefficient (Wildman–Crippen LogP) is 7.80. The lowest BCUT2D eigenvalue weighted by atomic mass is 9.99. The van der Waals surface area contributed by atoms with E-state index in [0.717, 1.165) is 48.4 Å². The van der Waals surface area contributed by atoms with Gasteiger partial charge in [0.15, 0.2) is 0 Å². The molecule has 0 aliphatic carbocycles. The van der Waals surface area contributed by atoms with Crippen molar-refractivity contribution >= 4 is 28.4 Å². The van der Waals surface area contributed by atoms with Crippen molar-refractivity contribution in [1.29, 1.82) is 0 Å². The maximum absolute atomic E-state index is 12.3. The first-order valence-electron chi connectivity index (χ1n) is 12.4. The summed E-state index contributed by atoms with van der Waals surface area (Å²) in [5.74, 6) is 1.18. The smallest absolute Gasteiger partial charge is 0.220 e. The van der Waals surface area contributed by atoms with Crippen LogP contribution in [0.25, 0.3) is 10.9 Å². The first-order chi connectivity index (χ1) is 15.8. The Hall–Kier alpha value is -2.26. The molecule has 1 amide bonds. The lowest BCUT2D eigenvalue weighted by Crippen LogP contribution is -2.22. The van der Waals surface area contributed by atoms with Gasteiger partial charge < -0.3 is 9.88 Å². The average molecular weight is 467 g/mol. The molecule has 0 unspecified atom stereocenters. The van der Waals surface area contributed by atoms with Crippen LogP contribution in [-0.4, -0.2) is 10.5 Å². The van der Waals surface area contributed by atoms with Crippen LogP contribution in [0.4, 0.5) is 0 Å². The summed E-state index contributed by atoms with van der Waals surface area (Å²) in [4.78, 5) is 12.3. The van der Waals surface area contributed by atoms with Crippen LogP contribution in [0.5, 0.6) is 0 Å². The van der Waals surface area contributed by atoms with E-state index in [1.807, 2.05) is 12.1 Å². The van der Waals surface area contributed by atoms with Crippen molar-refractivity contribution in [3.63, 3.8) is 0 Å². The van der Waals surface area contributed by atoms with Crippen LogP contribution in [0.1, 0.15) is 81.5 Å². The summed E-state index contributed by atoms with van der Waals surface area (Å²) in [7, 11) is 0. The topological polar surface area (TPSA) is 34.0 Å². The number of hydrogen-bond acceptors (Lipinski definition) is 1. The summed E-state index contributed by atoms with van der Waals surface area (Å²) in [6, 6.07) is 13.0. The van der Waals surface area contributed by atoms with Gasteiger partial charge in [0.1, 0.15) is 0 Å². The third-order valence-corrected chi connectivity index (χ3v) is 6.84. The van der Waals surface area contributed by atoms with E-state index in [9.17, 15) is 4.79 Å². The molecular formula is C29H39ClN2O. The molecule has 0 spiro atoms. The second-order valence-electron chi connectivity index (χ2n) is 10.0. The van der Waals surface area contributed by atoms with Crippen molar-refractivity contribution in [3.05, 3.63) is 69.9 Å². The molecule has 4 heteroatoms. The normalized spacial score (nSPS) is 11.6. The molecule has 3 aromatic rings. The quantitative estimate of drug-likeness (QED) is 0.287. The fourth-order valence-electron chi connectivity index (χ4n) is 4.43. The second-order valence-corrected chi connectivity index (χ2v) is 10.4. The Labute approximate surface area is 204 Å². The number of carbonyl (C=O) groups is 1. The number of benzene rings is 2. The lowest BCUT2D eigenvalue weighted by Gasteiger charge is -2.12. The number of amides is 1. The summed E-state index contributed by atoms with van der Waals surface area (Å²) in [6.07, 6.45) is 6.74. The summed E-state index contributed by atoms with van der Waals surface area (Å²) in [5, 5.41) is 5.18. The van der Waals surface area contributed by atoms with Crippen LogP contribution < -0.4 is 5.32 Å². The first kappa shape index (κ1) is 25.4. The maximum atomic E-state index is 12.3. The molecular weight excluding hydrogens is 428 g/mol. The van der Waals surface area contributed by atoms with Crippen molar-refractivity contribution in [2.75, 3.05) is 0 Å². The molecule has 1 aromatic heterocycles. The highest BCUT2D eigenvalue weighted by Gasteiger charge is 2.10. The third kappa shape index (κ3) is 6.86. The lowest BCUT2D eigenvalue weighted by molar-refractivity contribution is -0.121. The average Bonchev–Trinajstić information content (AvgIpc) is 3.17. The Morgan fingerprint density at radius 2 is 1.79 bits per heavy atom. The Morgan fingerprint density at radius 1 is 1.03 bits per heavy atom. The van der Waals surface area contributed by atoms with Gasteiger partial charge in [-0.15, -0.1) is 0 Å². The highest BCUT2D eigenvalue weighted by Crippen LogP contribution is 2.27. The summed E-state index contributed by atoms with van der Waals surface area (Å²) in [5.41, 5.74) is 6.23. The zero-order chi connectivity index (χ0) is 24.0. The zero-order valence-corrected chi connectivity index (χ0v) is 21.6.